The summed E-state index contributed by atoms with van der Waals surface area (Å²) in [6.45, 7) is 3.44. The van der Waals surface area contributed by atoms with Gasteiger partial charge in [0.2, 0.25) is 5.91 Å². The molecule has 5 heterocycles. The van der Waals surface area contributed by atoms with Gasteiger partial charge in [-0.25, -0.2) is 4.79 Å². The molecular formula is C27H28N4O4S2. The quantitative estimate of drug-likeness (QED) is 0.495. The van der Waals surface area contributed by atoms with Crippen LogP contribution in [0.1, 0.15) is 25.3 Å². The third-order valence-electron chi connectivity index (χ3n) is 7.43. The molecule has 0 N–H and O–H groups in total. The van der Waals surface area contributed by atoms with Crippen LogP contribution in [0.25, 0.3) is 11.0 Å². The smallest absolute Gasteiger partial charge is 0.415 e. The largest absolute Gasteiger partial charge is 0.440 e. The number of anilines is 1. The lowest BCUT2D eigenvalue weighted by atomic mass is 9.91. The Morgan fingerprint density at radius 2 is 1.84 bits per heavy atom. The number of pyridine rings is 2. The molecule has 0 radical (unpaired) electrons. The number of aryl methyl sites for hydroxylation is 1. The monoisotopic (exact) mass is 536 g/mol. The highest BCUT2D eigenvalue weighted by molar-refractivity contribution is 8.05. The molecular weight excluding hydrogens is 508 g/mol. The van der Waals surface area contributed by atoms with Gasteiger partial charge in [0.1, 0.15) is 12.1 Å². The highest BCUT2D eigenvalue weighted by Crippen LogP contribution is 2.41. The van der Waals surface area contributed by atoms with Gasteiger partial charge in [-0.15, -0.1) is 23.5 Å². The van der Waals surface area contributed by atoms with E-state index < -0.39 is 5.60 Å². The zero-order valence-electron chi connectivity index (χ0n) is 20.6. The second kappa shape index (κ2) is 9.72. The summed E-state index contributed by atoms with van der Waals surface area (Å²) in [6.07, 6.45) is 3.42. The number of carbonyl (C=O) groups is 2. The van der Waals surface area contributed by atoms with E-state index in [1.807, 2.05) is 42.6 Å². The molecule has 6 rings (SSSR count). The maximum absolute atomic E-state index is 13.2. The van der Waals surface area contributed by atoms with E-state index >= 15 is 0 Å². The van der Waals surface area contributed by atoms with Crippen molar-refractivity contribution in [1.82, 2.24) is 14.5 Å². The van der Waals surface area contributed by atoms with E-state index in [1.54, 1.807) is 22.1 Å². The van der Waals surface area contributed by atoms with E-state index in [2.05, 4.69) is 17.1 Å². The molecule has 3 aliphatic heterocycles. The lowest BCUT2D eigenvalue weighted by Gasteiger charge is -2.37. The topological polar surface area (TPSA) is 84.7 Å². The molecule has 0 bridgehead atoms. The molecule has 0 unspecified atom stereocenters. The number of ether oxygens (including phenoxy) is 1. The van der Waals surface area contributed by atoms with Gasteiger partial charge in [-0.3, -0.25) is 24.0 Å². The number of hydrogen-bond donors (Lipinski definition) is 0. The van der Waals surface area contributed by atoms with Crippen LogP contribution < -0.4 is 10.5 Å². The molecule has 8 nitrogen and oxygen atoms in total. The number of nitrogens with zero attached hydrogens (tertiary/aromatic N) is 4. The molecule has 3 aromatic rings. The summed E-state index contributed by atoms with van der Waals surface area (Å²) in [5, 5.41) is 0. The van der Waals surface area contributed by atoms with Crippen LogP contribution in [0.4, 0.5) is 10.5 Å². The van der Waals surface area contributed by atoms with E-state index in [4.69, 9.17) is 4.74 Å². The lowest BCUT2D eigenvalue weighted by Crippen LogP contribution is -2.49. The number of fused-ring (bicyclic) bond motifs is 2. The first-order valence-electron chi connectivity index (χ1n) is 12.6. The predicted molar refractivity (Wildman–Crippen MR) is 146 cm³/mol. The number of likely N-dealkylation sites (tertiary alicyclic amines) is 1. The third kappa shape index (κ3) is 4.61. The fraction of sp³-hybridized carbons (Fsp3) is 0.407. The molecule has 1 spiro atoms. The summed E-state index contributed by atoms with van der Waals surface area (Å²) in [5.41, 5.74) is 2.44. The van der Waals surface area contributed by atoms with Gasteiger partial charge in [-0.1, -0.05) is 6.92 Å². The first-order chi connectivity index (χ1) is 17.9. The van der Waals surface area contributed by atoms with Crippen LogP contribution >= 0.6 is 23.5 Å². The Bertz CT molecular complexity index is 1450. The summed E-state index contributed by atoms with van der Waals surface area (Å²) >= 11 is 3.68. The average molecular weight is 537 g/mol. The molecule has 1 aromatic carbocycles. The second-order valence-corrected chi connectivity index (χ2v) is 12.0. The second-order valence-electron chi connectivity index (χ2n) is 9.71. The molecule has 3 aliphatic rings. The SMILES string of the molecule is CCc1cnc2ccc(=O)n(CC(=O)N3CCC4(CC3)CN(c3ccc5c(c3)SCCS5)C(=O)O4)c2c1. The number of rotatable bonds is 4. The molecule has 10 heteroatoms. The first kappa shape index (κ1) is 24.4. The minimum Gasteiger partial charge on any atom is -0.440 e. The van der Waals surface area contributed by atoms with Crippen molar-refractivity contribution in [2.24, 2.45) is 0 Å². The van der Waals surface area contributed by atoms with Crippen molar-refractivity contribution in [1.29, 1.82) is 0 Å². The zero-order valence-corrected chi connectivity index (χ0v) is 22.3. The molecule has 2 amide bonds. The van der Waals surface area contributed by atoms with E-state index in [0.29, 0.717) is 43.5 Å². The van der Waals surface area contributed by atoms with Crippen molar-refractivity contribution in [3.63, 3.8) is 0 Å². The Labute approximate surface area is 223 Å². The number of amides is 2. The van der Waals surface area contributed by atoms with Gasteiger partial charge in [0, 0.05) is 65.2 Å². The molecule has 0 saturated carbocycles. The molecule has 37 heavy (non-hydrogen) atoms. The van der Waals surface area contributed by atoms with Gasteiger partial charge in [0.15, 0.2) is 0 Å². The first-order valence-corrected chi connectivity index (χ1v) is 14.6. The van der Waals surface area contributed by atoms with Crippen molar-refractivity contribution in [3.05, 3.63) is 58.5 Å². The van der Waals surface area contributed by atoms with Crippen LogP contribution in [0, 0.1) is 0 Å². The molecule has 0 aliphatic carbocycles. The lowest BCUT2D eigenvalue weighted by molar-refractivity contribution is -0.135. The Morgan fingerprint density at radius 1 is 1.05 bits per heavy atom. The van der Waals surface area contributed by atoms with Gasteiger partial charge in [-0.05, 0) is 42.3 Å². The van der Waals surface area contributed by atoms with E-state index in [9.17, 15) is 14.4 Å². The molecule has 2 saturated heterocycles. The van der Waals surface area contributed by atoms with Crippen molar-refractivity contribution in [2.75, 3.05) is 36.0 Å². The number of benzene rings is 1. The summed E-state index contributed by atoms with van der Waals surface area (Å²) in [5.74, 6) is 2.06. The Kier molecular flexibility index (Phi) is 6.40. The standard InChI is InChI=1S/C27H28N4O4S2/c1-2-18-13-21-20(28-15-18)4-6-24(32)30(21)16-25(33)29-9-7-27(8-10-29)17-31(26(34)35-27)19-3-5-22-23(14-19)37-12-11-36-22/h3-6,13-15H,2,7-12,16-17H2,1H3. The third-order valence-corrected chi connectivity index (χ3v) is 9.95. The Hall–Kier alpha value is -2.98. The van der Waals surface area contributed by atoms with Crippen LogP contribution in [0.5, 0.6) is 0 Å². The minimum absolute atomic E-state index is 0.0330. The molecule has 0 atom stereocenters. The van der Waals surface area contributed by atoms with Gasteiger partial charge in [-0.2, -0.15) is 0 Å². The maximum Gasteiger partial charge on any atom is 0.415 e. The maximum atomic E-state index is 13.2. The number of thioether (sulfide) groups is 2. The van der Waals surface area contributed by atoms with Crippen LogP contribution in [0.3, 0.4) is 0 Å². The minimum atomic E-state index is -0.595. The van der Waals surface area contributed by atoms with Crippen molar-refractivity contribution >= 4 is 52.2 Å². The van der Waals surface area contributed by atoms with Crippen LogP contribution in [-0.2, 0) is 22.5 Å². The van der Waals surface area contributed by atoms with Crippen molar-refractivity contribution in [3.8, 4) is 0 Å². The molecule has 2 fully saturated rings. The van der Waals surface area contributed by atoms with E-state index in [-0.39, 0.29) is 24.1 Å². The fourth-order valence-electron chi connectivity index (χ4n) is 5.25. The average Bonchev–Trinajstić information content (AvgIpc) is 3.25. The summed E-state index contributed by atoms with van der Waals surface area (Å²) in [4.78, 5) is 49.2. The van der Waals surface area contributed by atoms with Gasteiger partial charge in [0.05, 0.1) is 17.6 Å². The molecule has 192 valence electrons. The number of carbonyl (C=O) groups excluding carboxylic acids is 2. The summed E-state index contributed by atoms with van der Waals surface area (Å²) in [6, 6.07) is 11.3. The van der Waals surface area contributed by atoms with Crippen LogP contribution in [-0.4, -0.2) is 63.2 Å². The Balaban J connectivity index is 1.14. The van der Waals surface area contributed by atoms with Gasteiger partial charge >= 0.3 is 6.09 Å². The fourth-order valence-corrected chi connectivity index (χ4v) is 7.49. The van der Waals surface area contributed by atoms with Crippen LogP contribution in [0.2, 0.25) is 0 Å². The van der Waals surface area contributed by atoms with E-state index in [1.165, 1.54) is 20.4 Å². The number of piperidine rings is 1. The summed E-state index contributed by atoms with van der Waals surface area (Å²) in [7, 11) is 0. The van der Waals surface area contributed by atoms with Crippen molar-refractivity contribution < 1.29 is 14.3 Å². The highest BCUT2D eigenvalue weighted by atomic mass is 32.2. The van der Waals surface area contributed by atoms with Crippen LogP contribution in [0.15, 0.2) is 57.2 Å². The van der Waals surface area contributed by atoms with Gasteiger partial charge in [0.25, 0.3) is 5.56 Å². The summed E-state index contributed by atoms with van der Waals surface area (Å²) < 4.78 is 7.43. The zero-order chi connectivity index (χ0) is 25.6. The predicted octanol–water partition coefficient (Wildman–Crippen LogP) is 4.17. The van der Waals surface area contributed by atoms with Gasteiger partial charge < -0.3 is 9.64 Å². The van der Waals surface area contributed by atoms with E-state index in [0.717, 1.165) is 29.2 Å². The molecule has 2 aromatic heterocycles. The highest BCUT2D eigenvalue weighted by Gasteiger charge is 2.48. The Morgan fingerprint density at radius 3 is 2.62 bits per heavy atom. The van der Waals surface area contributed by atoms with Crippen molar-refractivity contribution in [2.45, 2.75) is 48.1 Å². The number of aromatic nitrogens is 2. The normalized spacial score (nSPS) is 18.8. The number of hydrogen-bond acceptors (Lipinski definition) is 7.